The van der Waals surface area contributed by atoms with Gasteiger partial charge in [0.2, 0.25) is 0 Å². The van der Waals surface area contributed by atoms with Gasteiger partial charge in [0.05, 0.1) is 0 Å². The number of phenolic OH excluding ortho intramolecular Hbond substituents is 2. The summed E-state index contributed by atoms with van der Waals surface area (Å²) in [7, 11) is 3.86. The highest BCUT2D eigenvalue weighted by atomic mass is 16.3. The second-order valence-corrected chi connectivity index (χ2v) is 5.04. The highest BCUT2D eigenvalue weighted by Crippen LogP contribution is 2.10. The quantitative estimate of drug-likeness (QED) is 0.661. The van der Waals surface area contributed by atoms with Crippen LogP contribution in [0.15, 0.2) is 48.5 Å². The van der Waals surface area contributed by atoms with Crippen LogP contribution in [0.3, 0.4) is 0 Å². The Kier molecular flexibility index (Phi) is 8.72. The van der Waals surface area contributed by atoms with E-state index >= 15 is 0 Å². The first kappa shape index (κ1) is 18.0. The molecule has 2 aromatic carbocycles. The van der Waals surface area contributed by atoms with Crippen LogP contribution in [0.25, 0.3) is 0 Å². The number of hydrogen-bond donors (Lipinski definition) is 4. The summed E-state index contributed by atoms with van der Waals surface area (Å²) in [6, 6.07) is 14.6. The monoisotopic (exact) mass is 302 g/mol. The molecule has 0 aliphatic rings. The third kappa shape index (κ3) is 7.67. The van der Waals surface area contributed by atoms with Gasteiger partial charge in [0.15, 0.2) is 0 Å². The van der Waals surface area contributed by atoms with Crippen LogP contribution in [0, 0.1) is 0 Å². The van der Waals surface area contributed by atoms with Gasteiger partial charge in [0.1, 0.15) is 11.5 Å². The van der Waals surface area contributed by atoms with Gasteiger partial charge in [-0.2, -0.15) is 0 Å². The molecule has 0 amide bonds. The number of hydrogen-bond acceptors (Lipinski definition) is 4. The molecule has 4 nitrogen and oxygen atoms in total. The van der Waals surface area contributed by atoms with Crippen molar-refractivity contribution in [3.8, 4) is 11.5 Å². The fourth-order valence-electron chi connectivity index (χ4n) is 1.86. The van der Waals surface area contributed by atoms with Gasteiger partial charge in [0, 0.05) is 0 Å². The van der Waals surface area contributed by atoms with Crippen LogP contribution in [0.5, 0.6) is 11.5 Å². The molecule has 0 bridgehead atoms. The maximum atomic E-state index is 8.97. The van der Waals surface area contributed by atoms with Crippen molar-refractivity contribution >= 4 is 0 Å². The first-order valence-electron chi connectivity index (χ1n) is 7.50. The molecule has 4 N–H and O–H groups in total. The van der Waals surface area contributed by atoms with Crippen LogP contribution < -0.4 is 10.6 Å². The van der Waals surface area contributed by atoms with Crippen LogP contribution in [-0.4, -0.2) is 37.4 Å². The van der Waals surface area contributed by atoms with E-state index in [1.165, 1.54) is 11.1 Å². The number of nitrogens with one attached hydrogen (secondary N) is 2. The molecule has 2 aromatic rings. The third-order valence-electron chi connectivity index (χ3n) is 3.20. The molecule has 0 saturated heterocycles. The van der Waals surface area contributed by atoms with Crippen LogP contribution in [0.4, 0.5) is 0 Å². The van der Waals surface area contributed by atoms with Crippen molar-refractivity contribution in [1.82, 2.24) is 10.6 Å². The molecule has 120 valence electrons. The number of benzene rings is 2. The average Bonchev–Trinajstić information content (AvgIpc) is 2.54. The SMILES string of the molecule is CNCCc1ccc(O)cc1.CNCCc1ccc(O)cc1. The zero-order valence-electron chi connectivity index (χ0n) is 13.3. The topological polar surface area (TPSA) is 64.5 Å². The van der Waals surface area contributed by atoms with Gasteiger partial charge in [-0.25, -0.2) is 0 Å². The highest BCUT2D eigenvalue weighted by Gasteiger charge is 1.91. The predicted molar refractivity (Wildman–Crippen MR) is 91.5 cm³/mol. The summed E-state index contributed by atoms with van der Waals surface area (Å²) in [4.78, 5) is 0. The molecule has 0 aromatic heterocycles. The summed E-state index contributed by atoms with van der Waals surface area (Å²) in [6.07, 6.45) is 2.02. The lowest BCUT2D eigenvalue weighted by atomic mass is 10.1. The van der Waals surface area contributed by atoms with Crippen molar-refractivity contribution in [3.63, 3.8) is 0 Å². The van der Waals surface area contributed by atoms with E-state index in [4.69, 9.17) is 10.2 Å². The number of rotatable bonds is 6. The van der Waals surface area contributed by atoms with Gasteiger partial charge in [-0.15, -0.1) is 0 Å². The van der Waals surface area contributed by atoms with Crippen LogP contribution in [0.1, 0.15) is 11.1 Å². The lowest BCUT2D eigenvalue weighted by molar-refractivity contribution is 0.474. The summed E-state index contributed by atoms with van der Waals surface area (Å²) in [5, 5.41) is 24.1. The van der Waals surface area contributed by atoms with Gasteiger partial charge in [-0.3, -0.25) is 0 Å². The Bertz CT molecular complexity index is 460. The van der Waals surface area contributed by atoms with Gasteiger partial charge in [-0.05, 0) is 75.4 Å². The van der Waals surface area contributed by atoms with Crippen molar-refractivity contribution in [2.24, 2.45) is 0 Å². The Labute approximate surface area is 132 Å². The zero-order chi connectivity index (χ0) is 16.2. The zero-order valence-corrected chi connectivity index (χ0v) is 13.3. The van der Waals surface area contributed by atoms with Crippen molar-refractivity contribution in [2.75, 3.05) is 27.2 Å². The van der Waals surface area contributed by atoms with E-state index in [1.54, 1.807) is 24.3 Å². The molecule has 22 heavy (non-hydrogen) atoms. The molecule has 0 saturated carbocycles. The Morgan fingerprint density at radius 2 is 0.955 bits per heavy atom. The van der Waals surface area contributed by atoms with E-state index in [0.717, 1.165) is 25.9 Å². The van der Waals surface area contributed by atoms with E-state index < -0.39 is 0 Å². The molecule has 0 aliphatic heterocycles. The van der Waals surface area contributed by atoms with Crippen molar-refractivity contribution < 1.29 is 10.2 Å². The molecule has 0 radical (unpaired) electrons. The summed E-state index contributed by atoms with van der Waals surface area (Å²) in [5.41, 5.74) is 2.49. The first-order valence-corrected chi connectivity index (χ1v) is 7.50. The molecule has 0 aliphatic carbocycles. The number of likely N-dealkylation sites (N-methyl/N-ethyl adjacent to an activating group) is 2. The molecule has 0 heterocycles. The molecule has 0 fully saturated rings. The van der Waals surface area contributed by atoms with E-state index in [2.05, 4.69) is 10.6 Å². The molecule has 0 spiro atoms. The van der Waals surface area contributed by atoms with Gasteiger partial charge >= 0.3 is 0 Å². The largest absolute Gasteiger partial charge is 0.508 e. The maximum absolute atomic E-state index is 8.97. The summed E-state index contributed by atoms with van der Waals surface area (Å²) >= 11 is 0. The Morgan fingerprint density at radius 1 is 0.636 bits per heavy atom. The lowest BCUT2D eigenvalue weighted by Crippen LogP contribution is -2.09. The molecule has 0 atom stereocenters. The number of phenols is 2. The van der Waals surface area contributed by atoms with E-state index in [-0.39, 0.29) is 0 Å². The van der Waals surface area contributed by atoms with Gasteiger partial charge < -0.3 is 20.8 Å². The lowest BCUT2D eigenvalue weighted by Gasteiger charge is -1.99. The Hall–Kier alpha value is -2.04. The highest BCUT2D eigenvalue weighted by molar-refractivity contribution is 5.26. The maximum Gasteiger partial charge on any atom is 0.115 e. The minimum absolute atomic E-state index is 0.332. The average molecular weight is 302 g/mol. The first-order chi connectivity index (χ1) is 10.7. The summed E-state index contributed by atoms with van der Waals surface area (Å²) in [6.45, 7) is 1.95. The van der Waals surface area contributed by atoms with Crippen molar-refractivity contribution in [3.05, 3.63) is 59.7 Å². The normalized spacial score (nSPS) is 9.91. The van der Waals surface area contributed by atoms with Crippen molar-refractivity contribution in [1.29, 1.82) is 0 Å². The smallest absolute Gasteiger partial charge is 0.115 e. The van der Waals surface area contributed by atoms with Crippen LogP contribution in [-0.2, 0) is 12.8 Å². The van der Waals surface area contributed by atoms with Gasteiger partial charge in [-0.1, -0.05) is 24.3 Å². The van der Waals surface area contributed by atoms with Crippen LogP contribution in [0.2, 0.25) is 0 Å². The second-order valence-electron chi connectivity index (χ2n) is 5.04. The van der Waals surface area contributed by atoms with Gasteiger partial charge in [0.25, 0.3) is 0 Å². The fourth-order valence-corrected chi connectivity index (χ4v) is 1.86. The summed E-state index contributed by atoms with van der Waals surface area (Å²) < 4.78 is 0. The summed E-state index contributed by atoms with van der Waals surface area (Å²) in [5.74, 6) is 0.663. The minimum atomic E-state index is 0.332. The Morgan fingerprint density at radius 3 is 1.23 bits per heavy atom. The molecule has 0 unspecified atom stereocenters. The second kappa shape index (κ2) is 10.7. The standard InChI is InChI=1S/2C9H13NO/c2*1-10-7-6-8-2-4-9(11)5-3-8/h2*2-5,10-11H,6-7H2,1H3. The van der Waals surface area contributed by atoms with Crippen molar-refractivity contribution in [2.45, 2.75) is 12.8 Å². The van der Waals surface area contributed by atoms with E-state index in [1.807, 2.05) is 38.4 Å². The number of aromatic hydroxyl groups is 2. The molecule has 2 rings (SSSR count). The van der Waals surface area contributed by atoms with E-state index in [9.17, 15) is 0 Å². The van der Waals surface area contributed by atoms with E-state index in [0.29, 0.717) is 11.5 Å². The minimum Gasteiger partial charge on any atom is -0.508 e. The fraction of sp³-hybridized carbons (Fsp3) is 0.333. The molecular weight excluding hydrogens is 276 g/mol. The third-order valence-corrected chi connectivity index (χ3v) is 3.20. The Balaban J connectivity index is 0.000000220. The van der Waals surface area contributed by atoms with Crippen LogP contribution >= 0.6 is 0 Å². The predicted octanol–water partition coefficient (Wildman–Crippen LogP) is 2.31. The molecule has 4 heteroatoms. The molecular formula is C18H26N2O2.